The Hall–Kier alpha value is -0.470. The van der Waals surface area contributed by atoms with E-state index in [0.29, 0.717) is 17.4 Å². The number of thiophene rings is 1. The summed E-state index contributed by atoms with van der Waals surface area (Å²) < 4.78 is 33.2. The summed E-state index contributed by atoms with van der Waals surface area (Å²) in [6, 6.07) is 1.65. The molecular weight excluding hydrogens is 298 g/mol. The molecule has 1 N–H and O–H groups in total. The first-order chi connectivity index (χ1) is 9.54. The molecule has 20 heavy (non-hydrogen) atoms. The van der Waals surface area contributed by atoms with E-state index in [4.69, 9.17) is 4.74 Å². The van der Waals surface area contributed by atoms with Crippen molar-refractivity contribution in [1.82, 2.24) is 4.31 Å². The molecule has 1 saturated heterocycles. The summed E-state index contributed by atoms with van der Waals surface area (Å²) in [7, 11) is -3.47. The maximum Gasteiger partial charge on any atom is 0.252 e. The lowest BCUT2D eigenvalue weighted by Gasteiger charge is -2.36. The summed E-state index contributed by atoms with van der Waals surface area (Å²) in [5, 5.41) is 9.24. The standard InChI is InChI=1S/C13H19NO4S2/c1-9-7-13(19-12(9)8-15)20(16,17)14-5-6-18-11-4-2-3-10(11)14/h7,10-11,15H,2-6,8H2,1H3. The predicted molar refractivity (Wildman–Crippen MR) is 76.2 cm³/mol. The Bertz CT molecular complexity index is 596. The van der Waals surface area contributed by atoms with Crippen LogP contribution in [0, 0.1) is 6.92 Å². The van der Waals surface area contributed by atoms with Crippen LogP contribution in [0.5, 0.6) is 0 Å². The molecule has 1 aliphatic heterocycles. The third-order valence-electron chi connectivity index (χ3n) is 4.14. The fourth-order valence-electron chi connectivity index (χ4n) is 3.08. The van der Waals surface area contributed by atoms with Gasteiger partial charge < -0.3 is 9.84 Å². The summed E-state index contributed by atoms with van der Waals surface area (Å²) in [6.45, 7) is 2.62. The quantitative estimate of drug-likeness (QED) is 0.917. The minimum Gasteiger partial charge on any atom is -0.391 e. The first-order valence-electron chi connectivity index (χ1n) is 6.87. The molecule has 112 valence electrons. The molecule has 2 unspecified atom stereocenters. The van der Waals surface area contributed by atoms with Gasteiger partial charge in [0, 0.05) is 11.4 Å². The van der Waals surface area contributed by atoms with Gasteiger partial charge in [-0.15, -0.1) is 11.3 Å². The highest BCUT2D eigenvalue weighted by Gasteiger charge is 2.42. The Balaban J connectivity index is 1.94. The van der Waals surface area contributed by atoms with Crippen LogP contribution in [-0.4, -0.2) is 43.1 Å². The van der Waals surface area contributed by atoms with Crippen molar-refractivity contribution in [1.29, 1.82) is 0 Å². The van der Waals surface area contributed by atoms with E-state index < -0.39 is 10.0 Å². The molecular formula is C13H19NO4S2. The van der Waals surface area contributed by atoms with Gasteiger partial charge in [-0.25, -0.2) is 8.42 Å². The molecule has 0 bridgehead atoms. The van der Waals surface area contributed by atoms with Gasteiger partial charge in [0.05, 0.1) is 25.4 Å². The summed E-state index contributed by atoms with van der Waals surface area (Å²) in [5.74, 6) is 0. The van der Waals surface area contributed by atoms with E-state index >= 15 is 0 Å². The first kappa shape index (κ1) is 14.5. The van der Waals surface area contributed by atoms with Crippen LogP contribution >= 0.6 is 11.3 Å². The zero-order chi connectivity index (χ0) is 14.3. The van der Waals surface area contributed by atoms with Crippen LogP contribution in [0.25, 0.3) is 0 Å². The molecule has 2 aliphatic rings. The van der Waals surface area contributed by atoms with Gasteiger partial charge in [0.15, 0.2) is 0 Å². The zero-order valence-corrected chi connectivity index (χ0v) is 13.0. The van der Waals surface area contributed by atoms with E-state index in [1.165, 1.54) is 11.3 Å². The van der Waals surface area contributed by atoms with Crippen molar-refractivity contribution >= 4 is 21.4 Å². The van der Waals surface area contributed by atoms with E-state index in [1.54, 1.807) is 10.4 Å². The number of aryl methyl sites for hydroxylation is 1. The average molecular weight is 317 g/mol. The van der Waals surface area contributed by atoms with Gasteiger partial charge in [-0.05, 0) is 37.8 Å². The van der Waals surface area contributed by atoms with Crippen molar-refractivity contribution in [2.75, 3.05) is 13.2 Å². The Morgan fingerprint density at radius 3 is 3.00 bits per heavy atom. The summed E-state index contributed by atoms with van der Waals surface area (Å²) in [5.41, 5.74) is 0.840. The molecule has 3 rings (SSSR count). The largest absolute Gasteiger partial charge is 0.391 e. The van der Waals surface area contributed by atoms with Gasteiger partial charge in [-0.3, -0.25) is 0 Å². The highest BCUT2D eigenvalue weighted by Crippen LogP contribution is 2.36. The van der Waals surface area contributed by atoms with Crippen LogP contribution in [0.1, 0.15) is 29.7 Å². The third kappa shape index (κ3) is 2.31. The second kappa shape index (κ2) is 5.38. The molecule has 0 amide bonds. The van der Waals surface area contributed by atoms with E-state index in [1.807, 2.05) is 6.92 Å². The number of hydrogen-bond donors (Lipinski definition) is 1. The number of hydrogen-bond acceptors (Lipinski definition) is 5. The van der Waals surface area contributed by atoms with Crippen molar-refractivity contribution in [3.05, 3.63) is 16.5 Å². The van der Waals surface area contributed by atoms with Crippen molar-refractivity contribution < 1.29 is 18.3 Å². The second-order valence-corrected chi connectivity index (χ2v) is 8.61. The SMILES string of the molecule is Cc1cc(S(=O)(=O)N2CCOC3CCCC32)sc1CO. The van der Waals surface area contributed by atoms with Gasteiger partial charge in [-0.1, -0.05) is 0 Å². The maximum absolute atomic E-state index is 12.8. The van der Waals surface area contributed by atoms with Crippen LogP contribution in [-0.2, 0) is 21.4 Å². The number of aliphatic hydroxyl groups is 1. The smallest absolute Gasteiger partial charge is 0.252 e. The Kier molecular flexibility index (Phi) is 3.89. The van der Waals surface area contributed by atoms with Gasteiger partial charge in [0.2, 0.25) is 0 Å². The minimum atomic E-state index is -3.47. The van der Waals surface area contributed by atoms with Crippen molar-refractivity contribution in [2.45, 2.75) is 49.1 Å². The van der Waals surface area contributed by atoms with Crippen LogP contribution in [0.2, 0.25) is 0 Å². The molecule has 1 aromatic rings. The first-order valence-corrected chi connectivity index (χ1v) is 9.13. The van der Waals surface area contributed by atoms with Crippen molar-refractivity contribution in [3.63, 3.8) is 0 Å². The number of fused-ring (bicyclic) bond motifs is 1. The van der Waals surface area contributed by atoms with Crippen molar-refractivity contribution in [3.8, 4) is 0 Å². The molecule has 1 saturated carbocycles. The Morgan fingerprint density at radius 1 is 1.50 bits per heavy atom. The Morgan fingerprint density at radius 2 is 2.30 bits per heavy atom. The number of aliphatic hydroxyl groups excluding tert-OH is 1. The summed E-state index contributed by atoms with van der Waals surface area (Å²) in [4.78, 5) is 0.722. The normalized spacial score (nSPS) is 27.7. The van der Waals surface area contributed by atoms with E-state index in [-0.39, 0.29) is 18.8 Å². The lowest BCUT2D eigenvalue weighted by atomic mass is 10.2. The van der Waals surface area contributed by atoms with Crippen LogP contribution in [0.15, 0.2) is 10.3 Å². The second-order valence-electron chi connectivity index (χ2n) is 5.35. The maximum atomic E-state index is 12.8. The van der Waals surface area contributed by atoms with E-state index in [0.717, 1.165) is 29.7 Å². The molecule has 5 nitrogen and oxygen atoms in total. The summed E-state index contributed by atoms with van der Waals surface area (Å²) in [6.07, 6.45) is 2.90. The lowest BCUT2D eigenvalue weighted by Crippen LogP contribution is -2.50. The number of rotatable bonds is 3. The summed E-state index contributed by atoms with van der Waals surface area (Å²) >= 11 is 1.17. The van der Waals surface area contributed by atoms with Gasteiger partial charge in [0.1, 0.15) is 4.21 Å². The number of ether oxygens (including phenoxy) is 1. The molecule has 0 aromatic carbocycles. The van der Waals surface area contributed by atoms with Crippen LogP contribution in [0.4, 0.5) is 0 Å². The molecule has 1 aromatic heterocycles. The zero-order valence-electron chi connectivity index (χ0n) is 11.4. The van der Waals surface area contributed by atoms with E-state index in [2.05, 4.69) is 0 Å². The lowest BCUT2D eigenvalue weighted by molar-refractivity contribution is -0.0241. The van der Waals surface area contributed by atoms with Crippen LogP contribution < -0.4 is 0 Å². The fourth-order valence-corrected chi connectivity index (χ4v) is 6.32. The molecule has 0 radical (unpaired) electrons. The fraction of sp³-hybridized carbons (Fsp3) is 0.692. The molecule has 0 spiro atoms. The Labute approximate surface area is 123 Å². The van der Waals surface area contributed by atoms with Gasteiger partial charge >= 0.3 is 0 Å². The topological polar surface area (TPSA) is 66.8 Å². The molecule has 2 fully saturated rings. The highest BCUT2D eigenvalue weighted by atomic mass is 32.2. The molecule has 7 heteroatoms. The minimum absolute atomic E-state index is 0.0197. The molecule has 2 heterocycles. The molecule has 2 atom stereocenters. The van der Waals surface area contributed by atoms with Gasteiger partial charge in [0.25, 0.3) is 10.0 Å². The number of sulfonamides is 1. The number of morpholine rings is 1. The van der Waals surface area contributed by atoms with Gasteiger partial charge in [-0.2, -0.15) is 4.31 Å². The van der Waals surface area contributed by atoms with Crippen molar-refractivity contribution in [2.24, 2.45) is 0 Å². The predicted octanol–water partition coefficient (Wildman–Crippen LogP) is 1.49. The van der Waals surface area contributed by atoms with Crippen LogP contribution in [0.3, 0.4) is 0 Å². The average Bonchev–Trinajstić information content (AvgIpc) is 3.04. The molecule has 1 aliphatic carbocycles. The highest BCUT2D eigenvalue weighted by molar-refractivity contribution is 7.91. The van der Waals surface area contributed by atoms with E-state index in [9.17, 15) is 13.5 Å². The monoisotopic (exact) mass is 317 g/mol. The third-order valence-corrected chi connectivity index (χ3v) is 7.73. The number of nitrogens with zero attached hydrogens (tertiary/aromatic N) is 1.